The molecule has 3 rings (SSSR count). The van der Waals surface area contributed by atoms with E-state index in [9.17, 15) is 34.9 Å². The number of aliphatic hydroxyl groups excluding tert-OH is 2. The maximum Gasteiger partial charge on any atom is 0.407 e. The van der Waals surface area contributed by atoms with Crippen LogP contribution in [0, 0.1) is 10.8 Å². The Labute approximate surface area is 315 Å². The van der Waals surface area contributed by atoms with Gasteiger partial charge < -0.3 is 35.6 Å². The molecule has 0 saturated carbocycles. The summed E-state index contributed by atoms with van der Waals surface area (Å²) < 4.78 is 68.3. The van der Waals surface area contributed by atoms with Crippen molar-refractivity contribution >= 4 is 24.0 Å². The van der Waals surface area contributed by atoms with E-state index in [4.69, 9.17) is 4.11 Å². The number of aromatic nitrogens is 1. The van der Waals surface area contributed by atoms with Gasteiger partial charge in [0, 0.05) is 32.9 Å². The largest absolute Gasteiger partial charge is 0.453 e. The summed E-state index contributed by atoms with van der Waals surface area (Å²) in [6.45, 7) is 0.410. The number of nitrogens with one attached hydrogen (secondary N) is 4. The van der Waals surface area contributed by atoms with E-state index in [1.165, 1.54) is 58.9 Å². The molecule has 4 amide bonds. The van der Waals surface area contributed by atoms with Gasteiger partial charge in [-0.25, -0.2) is 14.6 Å². The van der Waals surface area contributed by atoms with Gasteiger partial charge in [-0.05, 0) is 35.1 Å². The second kappa shape index (κ2) is 19.0. The standard InChI is InChI=1S/C38H52N6O8/c1-37(2,3)31(41-35(49)51-6)34(48)43-44(22-26-16-18-27(19-17-26)28-15-11-12-20-39-28)23-30(46)29(21-25-13-9-8-10-14-25)40-33(47)32(38(4,5)24-45)42-36(50)52-7/h8-20,29-32,45-46H,21-24H2,1-7H3,(H,40,47)(H,41,49)(H,42,50)(H,43,48)/t29-,30-,31+,32+/m0/s1/i6D3,22D2,23D2. The van der Waals surface area contributed by atoms with Crippen molar-refractivity contribution in [3.63, 3.8) is 0 Å². The maximum absolute atomic E-state index is 14.2. The van der Waals surface area contributed by atoms with Crippen LogP contribution in [0.25, 0.3) is 11.3 Å². The van der Waals surface area contributed by atoms with Crippen molar-refractivity contribution in [2.45, 2.75) is 71.8 Å². The highest BCUT2D eigenvalue weighted by atomic mass is 16.5. The molecule has 0 saturated heterocycles. The lowest BCUT2D eigenvalue weighted by Gasteiger charge is -2.36. The Kier molecular flexibility index (Phi) is 11.6. The average molecular weight is 728 g/mol. The van der Waals surface area contributed by atoms with Crippen molar-refractivity contribution in [1.82, 2.24) is 31.4 Å². The molecule has 0 spiro atoms. The van der Waals surface area contributed by atoms with Gasteiger partial charge >= 0.3 is 12.2 Å². The summed E-state index contributed by atoms with van der Waals surface area (Å²) in [7, 11) is -2.13. The number of rotatable bonds is 16. The van der Waals surface area contributed by atoms with Crippen molar-refractivity contribution < 1.29 is 48.5 Å². The Morgan fingerprint density at radius 2 is 1.48 bits per heavy atom. The molecule has 14 nitrogen and oxygen atoms in total. The molecule has 3 aromatic rings. The number of hydrazine groups is 1. The number of hydrogen-bond donors (Lipinski definition) is 6. The van der Waals surface area contributed by atoms with Gasteiger partial charge in [-0.3, -0.25) is 20.0 Å². The molecule has 0 aliphatic heterocycles. The van der Waals surface area contributed by atoms with Crippen molar-refractivity contribution in [2.75, 3.05) is 27.3 Å². The van der Waals surface area contributed by atoms with E-state index in [2.05, 4.69) is 35.8 Å². The van der Waals surface area contributed by atoms with Gasteiger partial charge in [0.2, 0.25) is 5.91 Å². The SMILES string of the molecule is [2H]C([2H])([2H])OC(=O)N[C@H](C(=O)NN(C([2H])([2H])c1ccc(-c2ccccn2)cc1)C([2H])([2H])[C@H](O)[C@H](Cc1ccccc1)NC(=O)[C@@H](NC(=O)OC)C(C)(C)CO)C(C)(C)C. The molecule has 0 bridgehead atoms. The van der Waals surface area contributed by atoms with Crippen LogP contribution in [0.1, 0.15) is 55.3 Å². The van der Waals surface area contributed by atoms with E-state index in [-0.39, 0.29) is 17.0 Å². The minimum atomic E-state index is -3.36. The van der Waals surface area contributed by atoms with E-state index < -0.39 is 85.7 Å². The van der Waals surface area contributed by atoms with Gasteiger partial charge in [-0.15, -0.1) is 0 Å². The number of ether oxygens (including phenoxy) is 2. The Balaban J connectivity index is 2.19. The first-order valence-corrected chi connectivity index (χ1v) is 16.3. The van der Waals surface area contributed by atoms with Crippen molar-refractivity contribution in [3.05, 3.63) is 90.1 Å². The molecule has 0 aliphatic carbocycles. The summed E-state index contributed by atoms with van der Waals surface area (Å²) in [5, 5.41) is 29.5. The van der Waals surface area contributed by atoms with Gasteiger partial charge in [0.15, 0.2) is 0 Å². The fraction of sp³-hybridized carbons (Fsp3) is 0.447. The van der Waals surface area contributed by atoms with Crippen molar-refractivity contribution in [2.24, 2.45) is 10.8 Å². The molecule has 282 valence electrons. The average Bonchev–Trinajstić information content (AvgIpc) is 3.16. The van der Waals surface area contributed by atoms with Crippen LogP contribution >= 0.6 is 0 Å². The molecular weight excluding hydrogens is 668 g/mol. The first kappa shape index (κ1) is 31.7. The third-order valence-electron chi connectivity index (χ3n) is 7.96. The normalized spacial score (nSPS) is 16.8. The summed E-state index contributed by atoms with van der Waals surface area (Å²) in [5.41, 5.74) is 1.03. The molecule has 1 aromatic heterocycles. The van der Waals surface area contributed by atoms with Crippen molar-refractivity contribution in [1.29, 1.82) is 0 Å². The summed E-state index contributed by atoms with van der Waals surface area (Å²) in [4.78, 5) is 57.3. The predicted molar refractivity (Wildman–Crippen MR) is 195 cm³/mol. The topological polar surface area (TPSA) is 191 Å². The Bertz CT molecular complexity index is 1880. The molecule has 0 aliphatic rings. The molecule has 4 atom stereocenters. The van der Waals surface area contributed by atoms with Crippen LogP contribution in [-0.2, 0) is 32.0 Å². The van der Waals surface area contributed by atoms with E-state index in [1.54, 1.807) is 54.7 Å². The van der Waals surface area contributed by atoms with E-state index in [0.717, 1.165) is 7.11 Å². The van der Waals surface area contributed by atoms with Crippen LogP contribution in [0.5, 0.6) is 0 Å². The molecule has 0 unspecified atom stereocenters. The molecule has 0 fully saturated rings. The molecule has 14 heteroatoms. The predicted octanol–water partition coefficient (Wildman–Crippen LogP) is 3.18. The molecule has 0 radical (unpaired) electrons. The quantitative estimate of drug-likeness (QED) is 0.120. The highest BCUT2D eigenvalue weighted by Gasteiger charge is 2.39. The van der Waals surface area contributed by atoms with E-state index in [1.807, 2.05) is 0 Å². The lowest BCUT2D eigenvalue weighted by Crippen LogP contribution is -2.61. The Morgan fingerprint density at radius 3 is 2.06 bits per heavy atom. The van der Waals surface area contributed by atoms with Crippen LogP contribution in [0.3, 0.4) is 0 Å². The zero-order valence-corrected chi connectivity index (χ0v) is 30.0. The number of nitrogens with zero attached hydrogens (tertiary/aromatic N) is 2. The fourth-order valence-corrected chi connectivity index (χ4v) is 4.95. The van der Waals surface area contributed by atoms with Crippen LogP contribution in [-0.4, -0.2) is 95.7 Å². The number of amides is 4. The first-order valence-electron chi connectivity index (χ1n) is 19.8. The maximum atomic E-state index is 14.2. The molecule has 6 N–H and O–H groups in total. The smallest absolute Gasteiger partial charge is 0.407 e. The number of benzene rings is 2. The second-order valence-corrected chi connectivity index (χ2v) is 13.6. The number of alkyl carbamates (subject to hydrolysis) is 2. The van der Waals surface area contributed by atoms with Crippen LogP contribution in [0.4, 0.5) is 9.59 Å². The highest BCUT2D eigenvalue weighted by Crippen LogP contribution is 2.23. The number of carbonyl (C=O) groups is 4. The van der Waals surface area contributed by atoms with Gasteiger partial charge in [-0.1, -0.05) is 95.3 Å². The third kappa shape index (κ3) is 12.3. The van der Waals surface area contributed by atoms with Crippen LogP contribution < -0.4 is 21.4 Å². The number of methoxy groups -OCH3 is 2. The summed E-state index contributed by atoms with van der Waals surface area (Å²) in [6.07, 6.45) is -3.65. The minimum Gasteiger partial charge on any atom is -0.453 e. The summed E-state index contributed by atoms with van der Waals surface area (Å²) in [5.74, 6) is -2.21. The number of aliphatic hydroxyl groups is 2. The van der Waals surface area contributed by atoms with Gasteiger partial charge in [0.25, 0.3) is 5.91 Å². The second-order valence-electron chi connectivity index (χ2n) is 13.6. The van der Waals surface area contributed by atoms with Gasteiger partial charge in [0.1, 0.15) is 12.1 Å². The summed E-state index contributed by atoms with van der Waals surface area (Å²) >= 11 is 0. The first-order chi connectivity index (χ1) is 27.2. The fourth-order valence-electron chi connectivity index (χ4n) is 4.95. The van der Waals surface area contributed by atoms with Crippen molar-refractivity contribution in [3.8, 4) is 11.3 Å². The highest BCUT2D eigenvalue weighted by molar-refractivity contribution is 5.87. The molecule has 2 aromatic carbocycles. The summed E-state index contributed by atoms with van der Waals surface area (Å²) in [6, 6.07) is 14.3. The lowest BCUT2D eigenvalue weighted by atomic mass is 9.84. The third-order valence-corrected chi connectivity index (χ3v) is 7.96. The van der Waals surface area contributed by atoms with Crippen LogP contribution in [0.2, 0.25) is 0 Å². The number of carbonyl (C=O) groups excluding carboxylic acids is 4. The Morgan fingerprint density at radius 1 is 0.846 bits per heavy atom. The zero-order chi connectivity index (χ0) is 44.6. The number of pyridine rings is 1. The van der Waals surface area contributed by atoms with E-state index in [0.29, 0.717) is 16.8 Å². The van der Waals surface area contributed by atoms with E-state index >= 15 is 0 Å². The minimum absolute atomic E-state index is 0.213. The zero-order valence-electron chi connectivity index (χ0n) is 37.0. The lowest BCUT2D eigenvalue weighted by molar-refractivity contribution is -0.132. The molecule has 52 heavy (non-hydrogen) atoms. The van der Waals surface area contributed by atoms with Crippen LogP contribution in [0.15, 0.2) is 79.0 Å². The van der Waals surface area contributed by atoms with Gasteiger partial charge in [0.05, 0.1) is 45.4 Å². The Hall–Kier alpha value is -5.05. The molecular formula is C38H52N6O8. The monoisotopic (exact) mass is 727 g/mol. The number of hydrogen-bond acceptors (Lipinski definition) is 10. The van der Waals surface area contributed by atoms with Gasteiger partial charge in [-0.2, -0.15) is 0 Å². The molecule has 1 heterocycles.